The highest BCUT2D eigenvalue weighted by Crippen LogP contribution is 2.25. The number of benzene rings is 2. The predicted molar refractivity (Wildman–Crippen MR) is 126 cm³/mol. The Morgan fingerprint density at radius 3 is 1.53 bits per heavy atom. The Kier molecular flexibility index (Phi) is 9.16. The first-order valence-corrected chi connectivity index (χ1v) is 11.8. The van der Waals surface area contributed by atoms with Crippen LogP contribution in [0.25, 0.3) is 0 Å². The monoisotopic (exact) mass is 404 g/mol. The molecule has 0 N–H and O–H groups in total. The Balaban J connectivity index is 1.61. The molecule has 0 spiro atoms. The van der Waals surface area contributed by atoms with E-state index in [0.29, 0.717) is 0 Å². The van der Waals surface area contributed by atoms with Gasteiger partial charge in [-0.2, -0.15) is 0 Å². The Morgan fingerprint density at radius 2 is 1.10 bits per heavy atom. The third kappa shape index (κ3) is 6.84. The molecule has 160 valence electrons. The molecule has 2 heteroatoms. The maximum Gasteiger partial charge on any atom is 0.119 e. The first kappa shape index (κ1) is 22.3. The normalized spacial score (nSPS) is 12.1. The van der Waals surface area contributed by atoms with E-state index in [0.717, 1.165) is 61.5 Å². The van der Waals surface area contributed by atoms with E-state index >= 15 is 0 Å². The molecule has 0 saturated carbocycles. The second kappa shape index (κ2) is 12.3. The van der Waals surface area contributed by atoms with Crippen molar-refractivity contribution in [2.45, 2.75) is 78.1 Å². The third-order valence-corrected chi connectivity index (χ3v) is 5.68. The lowest BCUT2D eigenvalue weighted by Gasteiger charge is -2.14. The van der Waals surface area contributed by atoms with Gasteiger partial charge in [0.15, 0.2) is 0 Å². The van der Waals surface area contributed by atoms with Crippen LogP contribution in [0.4, 0.5) is 0 Å². The van der Waals surface area contributed by atoms with Gasteiger partial charge in [-0.25, -0.2) is 0 Å². The van der Waals surface area contributed by atoms with E-state index in [9.17, 15) is 0 Å². The summed E-state index contributed by atoms with van der Waals surface area (Å²) in [7, 11) is 0. The predicted octanol–water partition coefficient (Wildman–Crippen LogP) is 7.10. The van der Waals surface area contributed by atoms with Crippen LogP contribution in [-0.2, 0) is 12.8 Å². The number of ether oxygens (including phenoxy) is 2. The Labute approximate surface area is 183 Å². The fraction of sp³-hybridized carbons (Fsp3) is 0.500. The Hall–Kier alpha value is -2.40. The molecule has 2 nitrogen and oxygen atoms in total. The molecule has 1 aliphatic rings. The van der Waals surface area contributed by atoms with Crippen molar-refractivity contribution in [1.29, 1.82) is 0 Å². The summed E-state index contributed by atoms with van der Waals surface area (Å²) < 4.78 is 12.0. The maximum absolute atomic E-state index is 5.98. The van der Waals surface area contributed by atoms with Gasteiger partial charge < -0.3 is 9.47 Å². The number of hydrogen-bond donors (Lipinski definition) is 0. The van der Waals surface area contributed by atoms with Gasteiger partial charge in [0.1, 0.15) is 11.5 Å². The second-order valence-electron chi connectivity index (χ2n) is 8.21. The van der Waals surface area contributed by atoms with Gasteiger partial charge >= 0.3 is 0 Å². The van der Waals surface area contributed by atoms with Crippen LogP contribution >= 0.6 is 0 Å². The van der Waals surface area contributed by atoms with Crippen molar-refractivity contribution in [1.82, 2.24) is 0 Å². The summed E-state index contributed by atoms with van der Waals surface area (Å²) >= 11 is 0. The molecule has 3 rings (SSSR count). The highest BCUT2D eigenvalue weighted by molar-refractivity contribution is 5.54. The molecular formula is C28H36O2. The fourth-order valence-electron chi connectivity index (χ4n) is 3.82. The van der Waals surface area contributed by atoms with E-state index in [1.807, 2.05) is 0 Å². The lowest BCUT2D eigenvalue weighted by molar-refractivity contribution is 0.304. The van der Waals surface area contributed by atoms with Crippen LogP contribution in [0.2, 0.25) is 0 Å². The van der Waals surface area contributed by atoms with Gasteiger partial charge in [-0.15, -0.1) is 0 Å². The van der Waals surface area contributed by atoms with Crippen LogP contribution in [0, 0.1) is 11.8 Å². The molecule has 0 heterocycles. The zero-order valence-electron chi connectivity index (χ0n) is 18.8. The van der Waals surface area contributed by atoms with Crippen molar-refractivity contribution in [3.8, 4) is 23.3 Å². The van der Waals surface area contributed by atoms with Gasteiger partial charge in [0.2, 0.25) is 0 Å². The standard InChI is InChI=1S/C28H36O2/c1-3-5-7-9-19-29-27-17-15-23-11-12-24-16-18-28(30-20-10-8-6-4-2)22-26(24)14-13-25(23)21-27/h15-18,21-22H,3-10,13-14,19-20H2,1-2H3. The fourth-order valence-corrected chi connectivity index (χ4v) is 3.82. The van der Waals surface area contributed by atoms with E-state index in [1.54, 1.807) is 0 Å². The average molecular weight is 405 g/mol. The molecule has 0 amide bonds. The Bertz CT molecular complexity index is 787. The van der Waals surface area contributed by atoms with Crippen molar-refractivity contribution in [2.75, 3.05) is 13.2 Å². The number of unbranched alkanes of at least 4 members (excludes halogenated alkanes) is 6. The summed E-state index contributed by atoms with van der Waals surface area (Å²) in [5, 5.41) is 0. The van der Waals surface area contributed by atoms with Gasteiger partial charge in [-0.05, 0) is 73.2 Å². The van der Waals surface area contributed by atoms with Crippen molar-refractivity contribution < 1.29 is 9.47 Å². The molecule has 2 aromatic rings. The topological polar surface area (TPSA) is 18.5 Å². The van der Waals surface area contributed by atoms with Crippen LogP contribution in [0.3, 0.4) is 0 Å². The zero-order chi connectivity index (χ0) is 21.0. The average Bonchev–Trinajstić information content (AvgIpc) is 2.75. The van der Waals surface area contributed by atoms with E-state index in [-0.39, 0.29) is 0 Å². The van der Waals surface area contributed by atoms with Gasteiger partial charge in [0.25, 0.3) is 0 Å². The number of fused-ring (bicyclic) bond motifs is 2. The highest BCUT2D eigenvalue weighted by atomic mass is 16.5. The summed E-state index contributed by atoms with van der Waals surface area (Å²) in [6, 6.07) is 12.7. The summed E-state index contributed by atoms with van der Waals surface area (Å²) in [4.78, 5) is 0. The molecular weight excluding hydrogens is 368 g/mol. The molecule has 0 bridgehead atoms. The number of hydrogen-bond acceptors (Lipinski definition) is 2. The zero-order valence-corrected chi connectivity index (χ0v) is 18.8. The van der Waals surface area contributed by atoms with Gasteiger partial charge in [0.05, 0.1) is 13.2 Å². The molecule has 0 saturated heterocycles. The SMILES string of the molecule is CCCCCCOc1ccc2c(c1)CCc1cc(OCCCCCC)ccc1C#C2. The minimum absolute atomic E-state index is 0.798. The largest absolute Gasteiger partial charge is 0.494 e. The molecule has 1 aliphatic carbocycles. The number of rotatable bonds is 12. The molecule has 0 unspecified atom stereocenters. The van der Waals surface area contributed by atoms with Crippen LogP contribution in [0.15, 0.2) is 36.4 Å². The molecule has 0 atom stereocenters. The second-order valence-corrected chi connectivity index (χ2v) is 8.21. The number of aryl methyl sites for hydroxylation is 2. The molecule has 0 fully saturated rings. The lowest BCUT2D eigenvalue weighted by Crippen LogP contribution is -2.03. The minimum atomic E-state index is 0.798. The van der Waals surface area contributed by atoms with Crippen LogP contribution in [0.5, 0.6) is 11.5 Å². The van der Waals surface area contributed by atoms with E-state index < -0.39 is 0 Å². The lowest BCUT2D eigenvalue weighted by atomic mass is 9.94. The molecule has 0 aliphatic heterocycles. The van der Waals surface area contributed by atoms with Crippen LogP contribution in [0.1, 0.15) is 87.5 Å². The van der Waals surface area contributed by atoms with E-state index in [2.05, 4.69) is 62.1 Å². The Morgan fingerprint density at radius 1 is 0.633 bits per heavy atom. The van der Waals surface area contributed by atoms with E-state index in [1.165, 1.54) is 49.7 Å². The van der Waals surface area contributed by atoms with Crippen molar-refractivity contribution in [3.05, 3.63) is 58.7 Å². The quantitative estimate of drug-likeness (QED) is 0.277. The third-order valence-electron chi connectivity index (χ3n) is 5.68. The van der Waals surface area contributed by atoms with Gasteiger partial charge in [0, 0.05) is 11.1 Å². The van der Waals surface area contributed by atoms with Crippen molar-refractivity contribution >= 4 is 0 Å². The van der Waals surface area contributed by atoms with Crippen LogP contribution in [-0.4, -0.2) is 13.2 Å². The first-order chi connectivity index (χ1) is 14.8. The first-order valence-electron chi connectivity index (χ1n) is 11.8. The van der Waals surface area contributed by atoms with Crippen LogP contribution < -0.4 is 9.47 Å². The summed E-state index contributed by atoms with van der Waals surface area (Å²) in [5.41, 5.74) is 4.81. The summed E-state index contributed by atoms with van der Waals surface area (Å²) in [5.74, 6) is 8.68. The maximum atomic E-state index is 5.98. The van der Waals surface area contributed by atoms with Crippen molar-refractivity contribution in [3.63, 3.8) is 0 Å². The van der Waals surface area contributed by atoms with Crippen molar-refractivity contribution in [2.24, 2.45) is 0 Å². The van der Waals surface area contributed by atoms with E-state index in [4.69, 9.17) is 9.47 Å². The summed E-state index contributed by atoms with van der Waals surface area (Å²) in [6.45, 7) is 6.06. The molecule has 0 aromatic heterocycles. The highest BCUT2D eigenvalue weighted by Gasteiger charge is 2.10. The molecule has 2 aromatic carbocycles. The van der Waals surface area contributed by atoms with Gasteiger partial charge in [-0.3, -0.25) is 0 Å². The minimum Gasteiger partial charge on any atom is -0.494 e. The molecule has 30 heavy (non-hydrogen) atoms. The van der Waals surface area contributed by atoms with Gasteiger partial charge in [-0.1, -0.05) is 64.2 Å². The summed E-state index contributed by atoms with van der Waals surface area (Å²) in [6.07, 6.45) is 11.8. The molecule has 0 radical (unpaired) electrons. The smallest absolute Gasteiger partial charge is 0.119 e.